The predicted molar refractivity (Wildman–Crippen MR) is 125 cm³/mol. The summed E-state index contributed by atoms with van der Waals surface area (Å²) in [6.45, 7) is 4.30. The lowest BCUT2D eigenvalue weighted by Gasteiger charge is -2.18. The maximum atomic E-state index is 13.0. The first-order chi connectivity index (χ1) is 16.2. The molecule has 0 radical (unpaired) electrons. The zero-order valence-electron chi connectivity index (χ0n) is 18.4. The molecule has 2 aliphatic rings. The highest BCUT2D eigenvalue weighted by Crippen LogP contribution is 2.27. The van der Waals surface area contributed by atoms with E-state index >= 15 is 0 Å². The van der Waals surface area contributed by atoms with E-state index in [0.29, 0.717) is 29.4 Å². The van der Waals surface area contributed by atoms with Crippen LogP contribution >= 0.6 is 0 Å². The minimum Gasteiger partial charge on any atom is -0.474 e. The van der Waals surface area contributed by atoms with Gasteiger partial charge in [-0.3, -0.25) is 4.79 Å². The number of hydrogen-bond acceptors (Lipinski definition) is 7. The summed E-state index contributed by atoms with van der Waals surface area (Å²) >= 11 is 0. The van der Waals surface area contributed by atoms with Crippen molar-refractivity contribution in [2.75, 3.05) is 11.9 Å². The molecule has 1 aliphatic heterocycles. The highest BCUT2D eigenvalue weighted by molar-refractivity contribution is 5.77. The van der Waals surface area contributed by atoms with Crippen LogP contribution in [0, 0.1) is 0 Å². The van der Waals surface area contributed by atoms with Gasteiger partial charge < -0.3 is 15.4 Å². The molecule has 1 fully saturated rings. The molecule has 0 spiro atoms. The first-order valence-electron chi connectivity index (χ1n) is 11.4. The van der Waals surface area contributed by atoms with E-state index < -0.39 is 0 Å². The largest absolute Gasteiger partial charge is 0.474 e. The van der Waals surface area contributed by atoms with Crippen molar-refractivity contribution in [3.8, 4) is 11.6 Å². The van der Waals surface area contributed by atoms with Gasteiger partial charge in [0.25, 0.3) is 5.56 Å². The molecular formula is C24H25N7O2. The number of fused-ring (bicyclic) bond motifs is 2. The molecule has 1 saturated carbocycles. The highest BCUT2D eigenvalue weighted by Gasteiger charge is 2.24. The summed E-state index contributed by atoms with van der Waals surface area (Å²) in [4.78, 5) is 26.5. The van der Waals surface area contributed by atoms with Gasteiger partial charge in [-0.2, -0.15) is 4.98 Å². The fourth-order valence-electron chi connectivity index (χ4n) is 4.28. The standard InChI is InChI=1S/C24H25N7O2/c1-2-30-23(32)20-14-27-24(28-17-4-3-15-7-9-25-13-16(15)11-17)29-22(20)31(30)18-8-10-26-21(12-18)33-19-5-6-19/h3-4,8,10-12,14,19,25H,2,5-7,9,13H2,1H3,(H,27,28,29). The molecule has 3 aromatic heterocycles. The summed E-state index contributed by atoms with van der Waals surface area (Å²) < 4.78 is 9.34. The third-order valence-electron chi connectivity index (χ3n) is 6.10. The lowest BCUT2D eigenvalue weighted by Crippen LogP contribution is -2.23. The maximum absolute atomic E-state index is 13.0. The monoisotopic (exact) mass is 443 g/mol. The van der Waals surface area contributed by atoms with Crippen molar-refractivity contribution >= 4 is 22.7 Å². The summed E-state index contributed by atoms with van der Waals surface area (Å²) in [6.07, 6.45) is 6.68. The van der Waals surface area contributed by atoms with Crippen LogP contribution in [0.15, 0.2) is 47.5 Å². The molecule has 4 aromatic rings. The molecule has 0 bridgehead atoms. The first kappa shape index (κ1) is 19.9. The molecule has 0 saturated heterocycles. The van der Waals surface area contributed by atoms with Crippen LogP contribution in [0.1, 0.15) is 30.9 Å². The molecule has 0 atom stereocenters. The Morgan fingerprint density at radius 1 is 1.18 bits per heavy atom. The zero-order valence-corrected chi connectivity index (χ0v) is 18.4. The molecule has 6 rings (SSSR count). The Kier molecular flexibility index (Phi) is 4.83. The van der Waals surface area contributed by atoms with E-state index in [4.69, 9.17) is 9.72 Å². The predicted octanol–water partition coefficient (Wildman–Crippen LogP) is 2.93. The van der Waals surface area contributed by atoms with Crippen molar-refractivity contribution in [2.45, 2.75) is 45.4 Å². The van der Waals surface area contributed by atoms with E-state index in [1.807, 2.05) is 29.8 Å². The van der Waals surface area contributed by atoms with Crippen LogP contribution in [0.2, 0.25) is 0 Å². The topological polar surface area (TPSA) is 98.9 Å². The van der Waals surface area contributed by atoms with Crippen LogP contribution in [0.25, 0.3) is 16.7 Å². The Labute approximate surface area is 190 Å². The number of benzene rings is 1. The SMILES string of the molecule is CCn1c(=O)c2cnc(Nc3ccc4c(c3)CNCC4)nc2n1-c1ccnc(OC2CC2)c1. The zero-order chi connectivity index (χ0) is 22.4. The molecule has 168 valence electrons. The van der Waals surface area contributed by atoms with Crippen LogP contribution in [-0.2, 0) is 19.5 Å². The molecular weight excluding hydrogens is 418 g/mol. The van der Waals surface area contributed by atoms with E-state index in [0.717, 1.165) is 43.7 Å². The number of hydrogen-bond donors (Lipinski definition) is 2. The Bertz CT molecular complexity index is 1400. The van der Waals surface area contributed by atoms with Crippen molar-refractivity contribution in [1.82, 2.24) is 29.6 Å². The van der Waals surface area contributed by atoms with E-state index in [9.17, 15) is 4.79 Å². The number of ether oxygens (including phenoxy) is 1. The van der Waals surface area contributed by atoms with Crippen LogP contribution in [0.4, 0.5) is 11.6 Å². The Hall–Kier alpha value is -3.72. The van der Waals surface area contributed by atoms with Gasteiger partial charge in [0.15, 0.2) is 5.65 Å². The van der Waals surface area contributed by atoms with Gasteiger partial charge in [0.2, 0.25) is 11.8 Å². The van der Waals surface area contributed by atoms with Crippen molar-refractivity contribution in [3.63, 3.8) is 0 Å². The van der Waals surface area contributed by atoms with Crippen molar-refractivity contribution in [3.05, 3.63) is 64.2 Å². The Morgan fingerprint density at radius 3 is 2.94 bits per heavy atom. The van der Waals surface area contributed by atoms with Crippen molar-refractivity contribution in [2.24, 2.45) is 0 Å². The minimum atomic E-state index is -0.125. The average molecular weight is 444 g/mol. The molecule has 2 N–H and O–H groups in total. The van der Waals surface area contributed by atoms with Gasteiger partial charge in [-0.1, -0.05) is 6.07 Å². The van der Waals surface area contributed by atoms with Gasteiger partial charge >= 0.3 is 0 Å². The van der Waals surface area contributed by atoms with Gasteiger partial charge in [0.1, 0.15) is 11.5 Å². The lowest BCUT2D eigenvalue weighted by molar-refractivity contribution is 0.291. The number of pyridine rings is 1. The minimum absolute atomic E-state index is 0.125. The second-order valence-electron chi connectivity index (χ2n) is 8.47. The normalized spacial score (nSPS) is 15.4. The molecule has 4 heterocycles. The van der Waals surface area contributed by atoms with E-state index in [-0.39, 0.29) is 11.7 Å². The van der Waals surface area contributed by atoms with Gasteiger partial charge in [-0.15, -0.1) is 0 Å². The summed E-state index contributed by atoms with van der Waals surface area (Å²) in [7, 11) is 0. The molecule has 1 aliphatic carbocycles. The summed E-state index contributed by atoms with van der Waals surface area (Å²) in [6, 6.07) is 10.0. The molecule has 9 heteroatoms. The number of aromatic nitrogens is 5. The smallest absolute Gasteiger partial charge is 0.278 e. The summed E-state index contributed by atoms with van der Waals surface area (Å²) in [5.74, 6) is 0.999. The second-order valence-corrected chi connectivity index (χ2v) is 8.47. The third-order valence-corrected chi connectivity index (χ3v) is 6.10. The van der Waals surface area contributed by atoms with Crippen molar-refractivity contribution in [1.29, 1.82) is 0 Å². The molecule has 0 amide bonds. The third kappa shape index (κ3) is 3.74. The molecule has 0 unspecified atom stereocenters. The lowest BCUT2D eigenvalue weighted by atomic mass is 10.0. The summed E-state index contributed by atoms with van der Waals surface area (Å²) in [5, 5.41) is 7.18. The van der Waals surface area contributed by atoms with Crippen LogP contribution in [0.5, 0.6) is 5.88 Å². The fourth-order valence-corrected chi connectivity index (χ4v) is 4.28. The van der Waals surface area contributed by atoms with Crippen LogP contribution in [0.3, 0.4) is 0 Å². The highest BCUT2D eigenvalue weighted by atomic mass is 16.5. The number of nitrogens with one attached hydrogen (secondary N) is 2. The quantitative estimate of drug-likeness (QED) is 0.473. The number of rotatable bonds is 6. The first-order valence-corrected chi connectivity index (χ1v) is 11.4. The fraction of sp³-hybridized carbons (Fsp3) is 0.333. The van der Waals surface area contributed by atoms with Gasteiger partial charge in [0.05, 0.1) is 5.69 Å². The van der Waals surface area contributed by atoms with Crippen LogP contribution < -0.4 is 20.9 Å². The van der Waals surface area contributed by atoms with E-state index in [1.54, 1.807) is 17.1 Å². The maximum Gasteiger partial charge on any atom is 0.278 e. The van der Waals surface area contributed by atoms with E-state index in [2.05, 4.69) is 32.7 Å². The van der Waals surface area contributed by atoms with E-state index in [1.165, 1.54) is 11.1 Å². The second kappa shape index (κ2) is 8.00. The summed E-state index contributed by atoms with van der Waals surface area (Å²) in [5.41, 5.74) is 4.76. The van der Waals surface area contributed by atoms with Crippen LogP contribution in [-0.4, -0.2) is 37.0 Å². The molecule has 9 nitrogen and oxygen atoms in total. The molecule has 1 aromatic carbocycles. The van der Waals surface area contributed by atoms with Crippen molar-refractivity contribution < 1.29 is 4.74 Å². The number of anilines is 2. The average Bonchev–Trinajstić information content (AvgIpc) is 3.61. The molecule has 33 heavy (non-hydrogen) atoms. The van der Waals surface area contributed by atoms with Gasteiger partial charge in [-0.25, -0.2) is 19.3 Å². The number of nitrogens with zero attached hydrogens (tertiary/aromatic N) is 5. The Morgan fingerprint density at radius 2 is 2.09 bits per heavy atom. The van der Waals surface area contributed by atoms with Gasteiger partial charge in [0, 0.05) is 37.2 Å². The Balaban J connectivity index is 1.41. The van der Waals surface area contributed by atoms with Gasteiger partial charge in [-0.05, 0) is 62.1 Å².